The van der Waals surface area contributed by atoms with E-state index in [1.165, 1.54) is 0 Å². The lowest BCUT2D eigenvalue weighted by molar-refractivity contribution is -0.121. The Morgan fingerprint density at radius 2 is 1.81 bits per heavy atom. The zero-order chi connectivity index (χ0) is 21.2. The average Bonchev–Trinajstić information content (AvgIpc) is 3.53. The van der Waals surface area contributed by atoms with Gasteiger partial charge in [0.1, 0.15) is 6.54 Å². The van der Waals surface area contributed by atoms with E-state index in [2.05, 4.69) is 15.5 Å². The first-order valence-corrected chi connectivity index (χ1v) is 10.0. The molecule has 154 valence electrons. The molecular formula is C23H17ClN4O3. The van der Waals surface area contributed by atoms with Crippen LogP contribution in [0, 0.1) is 0 Å². The molecule has 0 spiro atoms. The van der Waals surface area contributed by atoms with Crippen molar-refractivity contribution in [3.05, 3.63) is 83.7 Å². The minimum Gasteiger partial charge on any atom is -0.459 e. The predicted octanol–water partition coefficient (Wildman–Crippen LogP) is 4.92. The molecule has 3 heterocycles. The summed E-state index contributed by atoms with van der Waals surface area (Å²) in [5.41, 5.74) is 2.51. The molecule has 7 nitrogen and oxygen atoms in total. The van der Waals surface area contributed by atoms with Gasteiger partial charge >= 0.3 is 0 Å². The van der Waals surface area contributed by atoms with Crippen LogP contribution in [0.1, 0.15) is 5.56 Å². The summed E-state index contributed by atoms with van der Waals surface area (Å²) < 4.78 is 13.0. The molecule has 5 aromatic rings. The first-order chi connectivity index (χ1) is 15.2. The molecule has 3 aromatic heterocycles. The molecule has 8 heteroatoms. The lowest BCUT2D eigenvalue weighted by Gasteiger charge is -2.08. The van der Waals surface area contributed by atoms with E-state index in [0.29, 0.717) is 29.1 Å². The number of furan rings is 1. The molecule has 1 N–H and O–H groups in total. The van der Waals surface area contributed by atoms with Gasteiger partial charge in [-0.05, 0) is 29.8 Å². The van der Waals surface area contributed by atoms with E-state index in [0.717, 1.165) is 22.0 Å². The molecule has 0 aliphatic heterocycles. The molecule has 0 fully saturated rings. The second-order valence-electron chi connectivity index (χ2n) is 6.95. The Morgan fingerprint density at radius 3 is 2.65 bits per heavy atom. The fraction of sp³-hybridized carbons (Fsp3) is 0.0870. The zero-order valence-corrected chi connectivity index (χ0v) is 17.0. The summed E-state index contributed by atoms with van der Waals surface area (Å²) in [7, 11) is 0. The van der Waals surface area contributed by atoms with Crippen LogP contribution in [-0.4, -0.2) is 20.7 Å². The lowest BCUT2D eigenvalue weighted by atomic mass is 10.2. The van der Waals surface area contributed by atoms with Crippen LogP contribution in [0.25, 0.3) is 34.0 Å². The van der Waals surface area contributed by atoms with Gasteiger partial charge in [0.25, 0.3) is 5.89 Å². The number of amides is 1. The van der Waals surface area contributed by atoms with E-state index in [1.54, 1.807) is 24.5 Å². The van der Waals surface area contributed by atoms with Crippen LogP contribution in [0.2, 0.25) is 5.02 Å². The Balaban J connectivity index is 1.40. The smallest absolute Gasteiger partial charge is 0.283 e. The number of fused-ring (bicyclic) bond motifs is 1. The summed E-state index contributed by atoms with van der Waals surface area (Å²) in [5.74, 6) is 1.03. The average molecular weight is 433 g/mol. The maximum Gasteiger partial charge on any atom is 0.283 e. The molecule has 5 rings (SSSR count). The van der Waals surface area contributed by atoms with Gasteiger partial charge in [-0.15, -0.1) is 10.2 Å². The number of aromatic nitrogens is 3. The van der Waals surface area contributed by atoms with Crippen LogP contribution in [0.5, 0.6) is 0 Å². The van der Waals surface area contributed by atoms with E-state index in [1.807, 2.05) is 53.2 Å². The highest BCUT2D eigenvalue weighted by atomic mass is 35.5. The van der Waals surface area contributed by atoms with Crippen molar-refractivity contribution in [3.63, 3.8) is 0 Å². The van der Waals surface area contributed by atoms with Crippen molar-refractivity contribution in [2.45, 2.75) is 13.1 Å². The number of benzene rings is 2. The summed E-state index contributed by atoms with van der Waals surface area (Å²) in [6, 6.07) is 18.7. The van der Waals surface area contributed by atoms with Crippen molar-refractivity contribution < 1.29 is 13.6 Å². The molecule has 0 saturated carbocycles. The van der Waals surface area contributed by atoms with E-state index in [4.69, 9.17) is 20.4 Å². The van der Waals surface area contributed by atoms with Gasteiger partial charge in [-0.2, -0.15) is 0 Å². The highest BCUT2D eigenvalue weighted by molar-refractivity contribution is 6.31. The molecule has 0 radical (unpaired) electrons. The molecule has 1 amide bonds. The first-order valence-electron chi connectivity index (χ1n) is 9.65. The Labute approximate surface area is 182 Å². The van der Waals surface area contributed by atoms with Gasteiger partial charge in [0.15, 0.2) is 5.76 Å². The number of hydrogen-bond acceptors (Lipinski definition) is 5. The fourth-order valence-electron chi connectivity index (χ4n) is 3.43. The fourth-order valence-corrected chi connectivity index (χ4v) is 3.63. The number of halogens is 1. The molecule has 0 aliphatic carbocycles. The Bertz CT molecular complexity index is 1350. The van der Waals surface area contributed by atoms with Crippen molar-refractivity contribution in [1.29, 1.82) is 0 Å². The summed E-state index contributed by atoms with van der Waals surface area (Å²) >= 11 is 6.17. The SMILES string of the molecule is O=C(Cn1cc(-c2nnc(-c3ccco3)o2)c2ccccc21)NCc1ccccc1Cl. The number of rotatable bonds is 6. The second-order valence-corrected chi connectivity index (χ2v) is 7.35. The Kier molecular flexibility index (Phi) is 5.01. The topological polar surface area (TPSA) is 86.1 Å². The summed E-state index contributed by atoms with van der Waals surface area (Å²) in [4.78, 5) is 12.6. The second kappa shape index (κ2) is 8.12. The maximum atomic E-state index is 12.6. The monoisotopic (exact) mass is 432 g/mol. The quantitative estimate of drug-likeness (QED) is 0.411. The maximum absolute atomic E-state index is 12.6. The third kappa shape index (κ3) is 3.83. The van der Waals surface area contributed by atoms with Gasteiger partial charge in [0.2, 0.25) is 11.8 Å². The van der Waals surface area contributed by atoms with E-state index in [9.17, 15) is 4.79 Å². The number of nitrogens with one attached hydrogen (secondary N) is 1. The molecule has 31 heavy (non-hydrogen) atoms. The summed E-state index contributed by atoms with van der Waals surface area (Å²) in [6.45, 7) is 0.505. The van der Waals surface area contributed by atoms with Crippen molar-refractivity contribution in [1.82, 2.24) is 20.1 Å². The Hall–Kier alpha value is -3.84. The minimum atomic E-state index is -0.131. The predicted molar refractivity (Wildman–Crippen MR) is 116 cm³/mol. The van der Waals surface area contributed by atoms with Gasteiger partial charge in [-0.3, -0.25) is 4.79 Å². The van der Waals surface area contributed by atoms with Gasteiger partial charge in [-0.1, -0.05) is 48.0 Å². The lowest BCUT2D eigenvalue weighted by Crippen LogP contribution is -2.26. The first kappa shape index (κ1) is 19.1. The van der Waals surface area contributed by atoms with Gasteiger partial charge in [-0.25, -0.2) is 0 Å². The third-order valence-corrected chi connectivity index (χ3v) is 5.29. The molecular weight excluding hydrogens is 416 g/mol. The molecule has 0 saturated heterocycles. The third-order valence-electron chi connectivity index (χ3n) is 4.92. The van der Waals surface area contributed by atoms with Crippen LogP contribution in [-0.2, 0) is 17.9 Å². The van der Waals surface area contributed by atoms with Crippen LogP contribution >= 0.6 is 11.6 Å². The molecule has 0 unspecified atom stereocenters. The van der Waals surface area contributed by atoms with Crippen LogP contribution in [0.4, 0.5) is 0 Å². The number of carbonyl (C=O) groups is 1. The number of nitrogens with zero attached hydrogens (tertiary/aromatic N) is 3. The van der Waals surface area contributed by atoms with Crippen molar-refractivity contribution >= 4 is 28.4 Å². The molecule has 0 bridgehead atoms. The number of hydrogen-bond donors (Lipinski definition) is 1. The highest BCUT2D eigenvalue weighted by Crippen LogP contribution is 2.31. The summed E-state index contributed by atoms with van der Waals surface area (Å²) in [5, 5.41) is 12.7. The van der Waals surface area contributed by atoms with Crippen LogP contribution in [0.15, 0.2) is 82.0 Å². The van der Waals surface area contributed by atoms with Crippen molar-refractivity contribution in [2.24, 2.45) is 0 Å². The number of carbonyl (C=O) groups excluding carboxylic acids is 1. The standard InChI is InChI=1S/C23H17ClN4O3/c24-18-8-3-1-6-15(18)12-25-21(29)14-28-13-17(16-7-2-4-9-19(16)28)22-26-27-23(31-22)20-10-5-11-30-20/h1-11,13H,12,14H2,(H,25,29). The molecule has 0 atom stereocenters. The summed E-state index contributed by atoms with van der Waals surface area (Å²) in [6.07, 6.45) is 3.39. The largest absolute Gasteiger partial charge is 0.459 e. The van der Waals surface area contributed by atoms with Crippen molar-refractivity contribution in [2.75, 3.05) is 0 Å². The minimum absolute atomic E-state index is 0.131. The normalized spacial score (nSPS) is 11.1. The van der Waals surface area contributed by atoms with Crippen LogP contribution < -0.4 is 5.32 Å². The molecule has 2 aromatic carbocycles. The van der Waals surface area contributed by atoms with E-state index < -0.39 is 0 Å². The van der Waals surface area contributed by atoms with E-state index >= 15 is 0 Å². The highest BCUT2D eigenvalue weighted by Gasteiger charge is 2.18. The van der Waals surface area contributed by atoms with E-state index in [-0.39, 0.29) is 12.5 Å². The van der Waals surface area contributed by atoms with Crippen LogP contribution in [0.3, 0.4) is 0 Å². The van der Waals surface area contributed by atoms with Gasteiger partial charge in [0, 0.05) is 28.7 Å². The van der Waals surface area contributed by atoms with Crippen molar-refractivity contribution in [3.8, 4) is 23.1 Å². The number of para-hydroxylation sites is 1. The zero-order valence-electron chi connectivity index (χ0n) is 16.3. The van der Waals surface area contributed by atoms with Gasteiger partial charge < -0.3 is 18.7 Å². The molecule has 0 aliphatic rings. The van der Waals surface area contributed by atoms with Gasteiger partial charge in [0.05, 0.1) is 11.8 Å². The Morgan fingerprint density at radius 1 is 1.00 bits per heavy atom.